The number of nitrogens with one attached hydrogen (secondary N) is 2. The van der Waals surface area contributed by atoms with Crippen LogP contribution in [0.15, 0.2) is 30.5 Å². The summed E-state index contributed by atoms with van der Waals surface area (Å²) in [6.07, 6.45) is 7.54. The topological polar surface area (TPSA) is 63.1 Å². The smallest absolute Gasteiger partial charge is 0.227 e. The van der Waals surface area contributed by atoms with Crippen molar-refractivity contribution < 1.29 is 9.59 Å². The SMILES string of the molecule is Cn1ccc2cccc(NC(=O)C3CCC(NC(=O)C4CC4)CC3)c21. The number of para-hydroxylation sites is 1. The molecule has 2 amide bonds. The molecule has 2 aliphatic carbocycles. The van der Waals surface area contributed by atoms with Gasteiger partial charge in [0, 0.05) is 36.5 Å². The van der Waals surface area contributed by atoms with Crippen LogP contribution < -0.4 is 10.6 Å². The van der Waals surface area contributed by atoms with E-state index in [4.69, 9.17) is 0 Å². The van der Waals surface area contributed by atoms with E-state index in [0.717, 1.165) is 55.1 Å². The standard InChI is InChI=1S/C20H25N3O2/c1-23-12-11-13-3-2-4-17(18(13)23)22-20(25)15-7-9-16(10-8-15)21-19(24)14-5-6-14/h2-4,11-12,14-16H,5-10H2,1H3,(H,21,24)(H,22,25). The second-order valence-corrected chi connectivity index (χ2v) is 7.49. The molecule has 1 heterocycles. The molecule has 0 aliphatic heterocycles. The number of carbonyl (C=O) groups is 2. The number of hydrogen-bond acceptors (Lipinski definition) is 2. The molecule has 2 fully saturated rings. The van der Waals surface area contributed by atoms with Crippen molar-refractivity contribution in [3.63, 3.8) is 0 Å². The zero-order chi connectivity index (χ0) is 17.4. The lowest BCUT2D eigenvalue weighted by Gasteiger charge is -2.28. The Labute approximate surface area is 147 Å². The van der Waals surface area contributed by atoms with Gasteiger partial charge in [-0.25, -0.2) is 0 Å². The van der Waals surface area contributed by atoms with Gasteiger partial charge in [-0.05, 0) is 50.7 Å². The summed E-state index contributed by atoms with van der Waals surface area (Å²) in [6.45, 7) is 0. The predicted octanol–water partition coefficient (Wildman–Crippen LogP) is 3.20. The van der Waals surface area contributed by atoms with Crippen LogP contribution in [0.5, 0.6) is 0 Å². The summed E-state index contributed by atoms with van der Waals surface area (Å²) >= 11 is 0. The van der Waals surface area contributed by atoms with Crippen molar-refractivity contribution in [2.75, 3.05) is 5.32 Å². The van der Waals surface area contributed by atoms with Gasteiger partial charge in [0.05, 0.1) is 11.2 Å². The van der Waals surface area contributed by atoms with E-state index in [2.05, 4.69) is 22.8 Å². The highest BCUT2D eigenvalue weighted by Gasteiger charge is 2.33. The fourth-order valence-corrected chi connectivity index (χ4v) is 3.86. The van der Waals surface area contributed by atoms with Crippen molar-refractivity contribution in [2.24, 2.45) is 18.9 Å². The van der Waals surface area contributed by atoms with Crippen LogP contribution in [0.1, 0.15) is 38.5 Å². The molecular weight excluding hydrogens is 314 g/mol. The highest BCUT2D eigenvalue weighted by Crippen LogP contribution is 2.31. The molecule has 0 spiro atoms. The predicted molar refractivity (Wildman–Crippen MR) is 98.2 cm³/mol. The molecule has 0 atom stereocenters. The molecule has 25 heavy (non-hydrogen) atoms. The first-order valence-corrected chi connectivity index (χ1v) is 9.27. The minimum atomic E-state index is 0.0320. The fourth-order valence-electron chi connectivity index (χ4n) is 3.86. The van der Waals surface area contributed by atoms with Crippen LogP contribution in [-0.4, -0.2) is 22.4 Å². The van der Waals surface area contributed by atoms with Gasteiger partial charge in [-0.2, -0.15) is 0 Å². The number of benzene rings is 1. The van der Waals surface area contributed by atoms with E-state index in [1.165, 1.54) is 0 Å². The van der Waals surface area contributed by atoms with Crippen LogP contribution >= 0.6 is 0 Å². The molecule has 2 N–H and O–H groups in total. The first-order chi connectivity index (χ1) is 12.1. The van der Waals surface area contributed by atoms with Gasteiger partial charge in [0.2, 0.25) is 11.8 Å². The third-order valence-corrected chi connectivity index (χ3v) is 5.55. The number of aryl methyl sites for hydroxylation is 1. The summed E-state index contributed by atoms with van der Waals surface area (Å²) in [5, 5.41) is 7.39. The first kappa shape index (κ1) is 16.2. The summed E-state index contributed by atoms with van der Waals surface area (Å²) in [7, 11) is 1.99. The van der Waals surface area contributed by atoms with Crippen molar-refractivity contribution in [3.05, 3.63) is 30.5 Å². The van der Waals surface area contributed by atoms with Crippen LogP contribution in [0, 0.1) is 11.8 Å². The van der Waals surface area contributed by atoms with Gasteiger partial charge in [0.1, 0.15) is 0 Å². The lowest BCUT2D eigenvalue weighted by molar-refractivity contribution is -0.123. The van der Waals surface area contributed by atoms with Crippen molar-refractivity contribution in [1.29, 1.82) is 0 Å². The van der Waals surface area contributed by atoms with E-state index in [9.17, 15) is 9.59 Å². The molecule has 5 heteroatoms. The maximum Gasteiger partial charge on any atom is 0.227 e. The lowest BCUT2D eigenvalue weighted by Crippen LogP contribution is -2.40. The van der Waals surface area contributed by atoms with E-state index >= 15 is 0 Å². The third-order valence-electron chi connectivity index (χ3n) is 5.55. The van der Waals surface area contributed by atoms with Gasteiger partial charge in [-0.3, -0.25) is 9.59 Å². The Bertz CT molecular complexity index is 798. The molecule has 0 unspecified atom stereocenters. The average molecular weight is 339 g/mol. The van der Waals surface area contributed by atoms with Crippen molar-refractivity contribution in [1.82, 2.24) is 9.88 Å². The Morgan fingerprint density at radius 3 is 2.36 bits per heavy atom. The van der Waals surface area contributed by atoms with Crippen LogP contribution in [0.2, 0.25) is 0 Å². The number of fused-ring (bicyclic) bond motifs is 1. The van der Waals surface area contributed by atoms with Gasteiger partial charge in [0.15, 0.2) is 0 Å². The first-order valence-electron chi connectivity index (χ1n) is 9.27. The fraction of sp³-hybridized carbons (Fsp3) is 0.500. The summed E-state index contributed by atoms with van der Waals surface area (Å²) in [5.41, 5.74) is 1.93. The number of nitrogens with zero attached hydrogens (tertiary/aromatic N) is 1. The molecule has 2 saturated carbocycles. The van der Waals surface area contributed by atoms with E-state index < -0.39 is 0 Å². The zero-order valence-electron chi connectivity index (χ0n) is 14.6. The number of anilines is 1. The zero-order valence-corrected chi connectivity index (χ0v) is 14.6. The van der Waals surface area contributed by atoms with Gasteiger partial charge in [-0.15, -0.1) is 0 Å². The molecule has 1 aromatic heterocycles. The Balaban J connectivity index is 1.35. The van der Waals surface area contributed by atoms with Gasteiger partial charge < -0.3 is 15.2 Å². The molecular formula is C20H25N3O2. The van der Waals surface area contributed by atoms with Gasteiger partial charge >= 0.3 is 0 Å². The molecule has 1 aromatic carbocycles. The van der Waals surface area contributed by atoms with Crippen LogP contribution in [0.3, 0.4) is 0 Å². The molecule has 0 radical (unpaired) electrons. The molecule has 2 aliphatic rings. The Hall–Kier alpha value is -2.30. The van der Waals surface area contributed by atoms with E-state index in [-0.39, 0.29) is 29.7 Å². The molecule has 132 valence electrons. The van der Waals surface area contributed by atoms with Crippen molar-refractivity contribution >= 4 is 28.4 Å². The number of carbonyl (C=O) groups excluding carboxylic acids is 2. The summed E-state index contributed by atoms with van der Waals surface area (Å²) < 4.78 is 2.04. The second-order valence-electron chi connectivity index (χ2n) is 7.49. The van der Waals surface area contributed by atoms with Crippen LogP contribution in [-0.2, 0) is 16.6 Å². The van der Waals surface area contributed by atoms with Gasteiger partial charge in [-0.1, -0.05) is 12.1 Å². The second kappa shape index (κ2) is 6.54. The van der Waals surface area contributed by atoms with E-state index in [1.54, 1.807) is 0 Å². The minimum absolute atomic E-state index is 0.0320. The maximum atomic E-state index is 12.7. The number of hydrogen-bond donors (Lipinski definition) is 2. The van der Waals surface area contributed by atoms with Crippen molar-refractivity contribution in [3.8, 4) is 0 Å². The Morgan fingerprint density at radius 1 is 0.960 bits per heavy atom. The number of amides is 2. The summed E-state index contributed by atoms with van der Waals surface area (Å²) in [5.74, 6) is 0.598. The molecule has 5 nitrogen and oxygen atoms in total. The monoisotopic (exact) mass is 339 g/mol. The molecule has 0 saturated heterocycles. The van der Waals surface area contributed by atoms with E-state index in [0.29, 0.717) is 0 Å². The van der Waals surface area contributed by atoms with Gasteiger partial charge in [0.25, 0.3) is 0 Å². The lowest BCUT2D eigenvalue weighted by atomic mass is 9.85. The number of rotatable bonds is 4. The highest BCUT2D eigenvalue weighted by atomic mass is 16.2. The minimum Gasteiger partial charge on any atom is -0.353 e. The normalized spacial score (nSPS) is 23.4. The Morgan fingerprint density at radius 2 is 1.64 bits per heavy atom. The van der Waals surface area contributed by atoms with Crippen LogP contribution in [0.25, 0.3) is 10.9 Å². The third kappa shape index (κ3) is 3.41. The molecule has 4 rings (SSSR count). The highest BCUT2D eigenvalue weighted by molar-refractivity contribution is 6.01. The average Bonchev–Trinajstić information content (AvgIpc) is 3.40. The Kier molecular flexibility index (Phi) is 4.24. The van der Waals surface area contributed by atoms with Crippen LogP contribution in [0.4, 0.5) is 5.69 Å². The van der Waals surface area contributed by atoms with Crippen molar-refractivity contribution in [2.45, 2.75) is 44.6 Å². The summed E-state index contributed by atoms with van der Waals surface area (Å²) in [4.78, 5) is 24.6. The summed E-state index contributed by atoms with van der Waals surface area (Å²) in [6, 6.07) is 8.29. The largest absolute Gasteiger partial charge is 0.353 e. The van der Waals surface area contributed by atoms with E-state index in [1.807, 2.05) is 29.9 Å². The maximum absolute atomic E-state index is 12.7. The number of aromatic nitrogens is 1. The molecule has 2 aromatic rings. The quantitative estimate of drug-likeness (QED) is 0.898. The molecule has 0 bridgehead atoms.